The van der Waals surface area contributed by atoms with Gasteiger partial charge in [0.1, 0.15) is 11.9 Å². The van der Waals surface area contributed by atoms with Gasteiger partial charge in [0.2, 0.25) is 11.8 Å². The number of nitriles is 1. The highest BCUT2D eigenvalue weighted by Gasteiger charge is 2.24. The van der Waals surface area contributed by atoms with E-state index in [0.29, 0.717) is 41.4 Å². The number of amides is 3. The second kappa shape index (κ2) is 15.7. The topological polar surface area (TPSA) is 154 Å². The fourth-order valence-corrected chi connectivity index (χ4v) is 3.87. The molecule has 43 heavy (non-hydrogen) atoms. The van der Waals surface area contributed by atoms with Gasteiger partial charge in [-0.2, -0.15) is 5.26 Å². The molecule has 2 aromatic carbocycles. The maximum Gasteiger partial charge on any atom is 0.260 e. The van der Waals surface area contributed by atoms with Gasteiger partial charge in [0.05, 0.1) is 17.2 Å². The fourth-order valence-electron chi connectivity index (χ4n) is 3.87. The molecule has 0 fully saturated rings. The van der Waals surface area contributed by atoms with Gasteiger partial charge in [-0.3, -0.25) is 14.4 Å². The molecule has 3 rings (SSSR count). The summed E-state index contributed by atoms with van der Waals surface area (Å²) >= 11 is 0. The van der Waals surface area contributed by atoms with Crippen molar-refractivity contribution in [3.63, 3.8) is 0 Å². The summed E-state index contributed by atoms with van der Waals surface area (Å²) in [4.78, 5) is 46.5. The Hall–Kier alpha value is -5.15. The van der Waals surface area contributed by atoms with Gasteiger partial charge >= 0.3 is 0 Å². The van der Waals surface area contributed by atoms with Crippen LogP contribution in [-0.2, 0) is 14.4 Å². The number of hydrogen-bond donors (Lipinski definition) is 5. The second-order valence-corrected chi connectivity index (χ2v) is 10.2. The van der Waals surface area contributed by atoms with Crippen LogP contribution in [-0.4, -0.2) is 79.9 Å². The van der Waals surface area contributed by atoms with E-state index < -0.39 is 18.2 Å². The van der Waals surface area contributed by atoms with E-state index in [9.17, 15) is 14.4 Å². The van der Waals surface area contributed by atoms with Crippen LogP contribution in [0.4, 0.5) is 17.1 Å². The molecule has 12 heteroatoms. The predicted molar refractivity (Wildman–Crippen MR) is 169 cm³/mol. The third kappa shape index (κ3) is 9.72. The minimum Gasteiger partial charge on any atom is -0.370 e. The Kier molecular flexibility index (Phi) is 11.8. The number of nitrogens with zero attached hydrogens (tertiary/aromatic N) is 4. The van der Waals surface area contributed by atoms with Crippen LogP contribution in [0.5, 0.6) is 0 Å². The molecule has 0 aliphatic carbocycles. The SMILES string of the molecule is CCCNC1=NC(Nc2ccc(C#N)cc2)NC=C1C(=O)Nc1cccc(NC(=O)[C@H](C)N(C)C(=O)/C=C/CN(C)C)c1. The van der Waals surface area contributed by atoms with Crippen molar-refractivity contribution in [1.82, 2.24) is 20.4 Å². The summed E-state index contributed by atoms with van der Waals surface area (Å²) in [6.45, 7) is 4.90. The zero-order valence-electron chi connectivity index (χ0n) is 25.1. The van der Waals surface area contributed by atoms with E-state index >= 15 is 0 Å². The molecule has 226 valence electrons. The number of carbonyl (C=O) groups is 3. The van der Waals surface area contributed by atoms with Crippen molar-refractivity contribution in [2.75, 3.05) is 50.2 Å². The van der Waals surface area contributed by atoms with E-state index in [2.05, 4.69) is 37.6 Å². The van der Waals surface area contributed by atoms with E-state index in [1.807, 2.05) is 25.9 Å². The third-order valence-electron chi connectivity index (χ3n) is 6.43. The Bertz CT molecular complexity index is 1420. The minimum atomic E-state index is -0.720. The summed E-state index contributed by atoms with van der Waals surface area (Å²) < 4.78 is 0. The lowest BCUT2D eigenvalue weighted by Gasteiger charge is -2.24. The predicted octanol–water partition coefficient (Wildman–Crippen LogP) is 2.68. The summed E-state index contributed by atoms with van der Waals surface area (Å²) in [7, 11) is 5.38. The van der Waals surface area contributed by atoms with Gasteiger partial charge in [0.15, 0.2) is 6.29 Å². The summed E-state index contributed by atoms with van der Waals surface area (Å²) in [6, 6.07) is 15.1. The average Bonchev–Trinajstić information content (AvgIpc) is 2.99. The van der Waals surface area contributed by atoms with Crippen LogP contribution in [0.1, 0.15) is 25.8 Å². The standard InChI is InChI=1S/C31H39N9O3/c1-6-16-33-28-26(20-34-31(38-28)37-23-14-12-22(19-32)13-15-23)30(43)36-25-10-7-9-24(18-25)35-29(42)21(2)40(5)27(41)11-8-17-39(3)4/h7-15,18,20-21,31,34,37H,6,16-17H2,1-5H3,(H,33,38)(H,35,42)(H,36,43)/b11-8+/t21-,31?/m0/s1. The van der Waals surface area contributed by atoms with Crippen molar-refractivity contribution in [2.45, 2.75) is 32.6 Å². The van der Waals surface area contributed by atoms with Crippen molar-refractivity contribution in [1.29, 1.82) is 5.26 Å². The van der Waals surface area contributed by atoms with Crippen LogP contribution in [0.15, 0.2) is 77.4 Å². The molecule has 0 radical (unpaired) electrons. The lowest BCUT2D eigenvalue weighted by molar-refractivity contribution is -0.132. The first-order valence-electron chi connectivity index (χ1n) is 14.0. The van der Waals surface area contributed by atoms with Gasteiger partial charge in [-0.25, -0.2) is 4.99 Å². The van der Waals surface area contributed by atoms with Crippen LogP contribution in [0.2, 0.25) is 0 Å². The van der Waals surface area contributed by atoms with E-state index in [0.717, 1.165) is 12.1 Å². The summed E-state index contributed by atoms with van der Waals surface area (Å²) in [5.74, 6) is -0.602. The molecule has 12 nitrogen and oxygen atoms in total. The first-order valence-corrected chi connectivity index (χ1v) is 14.0. The molecule has 3 amide bonds. The van der Waals surface area contributed by atoms with Crippen LogP contribution in [0.25, 0.3) is 0 Å². The highest BCUT2D eigenvalue weighted by Crippen LogP contribution is 2.18. The number of benzene rings is 2. The zero-order chi connectivity index (χ0) is 31.4. The molecule has 0 saturated carbocycles. The first kappa shape index (κ1) is 32.4. The molecule has 2 aromatic rings. The Morgan fingerprint density at radius 1 is 1.07 bits per heavy atom. The van der Waals surface area contributed by atoms with Crippen molar-refractivity contribution in [3.8, 4) is 6.07 Å². The first-order chi connectivity index (χ1) is 20.6. The third-order valence-corrected chi connectivity index (χ3v) is 6.43. The normalized spacial score (nSPS) is 15.0. The number of nitrogens with one attached hydrogen (secondary N) is 5. The maximum atomic E-state index is 13.3. The summed E-state index contributed by atoms with van der Waals surface area (Å²) in [5.41, 5.74) is 2.58. The lowest BCUT2D eigenvalue weighted by atomic mass is 10.2. The van der Waals surface area contributed by atoms with Gasteiger partial charge in [-0.15, -0.1) is 0 Å². The number of rotatable bonds is 12. The Labute approximate surface area is 252 Å². The molecular weight excluding hydrogens is 546 g/mol. The monoisotopic (exact) mass is 585 g/mol. The molecule has 0 aromatic heterocycles. The van der Waals surface area contributed by atoms with Crippen LogP contribution in [0, 0.1) is 11.3 Å². The summed E-state index contributed by atoms with van der Waals surface area (Å²) in [5, 5.41) is 24.2. The van der Waals surface area contributed by atoms with Gasteiger partial charge < -0.3 is 36.4 Å². The van der Waals surface area contributed by atoms with Gasteiger partial charge in [0, 0.05) is 49.5 Å². The quantitative estimate of drug-likeness (QED) is 0.238. The van der Waals surface area contributed by atoms with Crippen molar-refractivity contribution >= 4 is 40.6 Å². The molecule has 0 saturated heterocycles. The Morgan fingerprint density at radius 2 is 1.77 bits per heavy atom. The van der Waals surface area contributed by atoms with E-state index in [1.54, 1.807) is 74.8 Å². The van der Waals surface area contributed by atoms with E-state index in [4.69, 9.17) is 5.26 Å². The number of carbonyl (C=O) groups excluding carboxylic acids is 3. The van der Waals surface area contributed by atoms with Crippen molar-refractivity contribution in [3.05, 3.63) is 78.0 Å². The molecule has 1 unspecified atom stereocenters. The molecule has 1 aliphatic heterocycles. The van der Waals surface area contributed by atoms with E-state index in [1.165, 1.54) is 11.0 Å². The highest BCUT2D eigenvalue weighted by molar-refractivity contribution is 6.25. The van der Waals surface area contributed by atoms with Crippen LogP contribution < -0.4 is 26.6 Å². The minimum absolute atomic E-state index is 0.275. The van der Waals surface area contributed by atoms with Gasteiger partial charge in [0.25, 0.3) is 5.91 Å². The molecule has 1 aliphatic rings. The van der Waals surface area contributed by atoms with Crippen molar-refractivity contribution < 1.29 is 14.4 Å². The maximum absolute atomic E-state index is 13.3. The van der Waals surface area contributed by atoms with Crippen molar-refractivity contribution in [2.24, 2.45) is 4.99 Å². The van der Waals surface area contributed by atoms with E-state index in [-0.39, 0.29) is 11.8 Å². The number of anilines is 3. The number of aliphatic imine (C=N–C) groups is 1. The number of hydrogen-bond acceptors (Lipinski definition) is 9. The molecule has 0 bridgehead atoms. The van der Waals surface area contributed by atoms with Crippen LogP contribution in [0.3, 0.4) is 0 Å². The second-order valence-electron chi connectivity index (χ2n) is 10.2. The molecule has 1 heterocycles. The largest absolute Gasteiger partial charge is 0.370 e. The fraction of sp³-hybridized carbons (Fsp3) is 0.323. The number of amidine groups is 1. The smallest absolute Gasteiger partial charge is 0.260 e. The Morgan fingerprint density at radius 3 is 2.42 bits per heavy atom. The highest BCUT2D eigenvalue weighted by atomic mass is 16.2. The molecule has 5 N–H and O–H groups in total. The Balaban J connectivity index is 1.64. The zero-order valence-corrected chi connectivity index (χ0v) is 25.1. The molecular formula is C31H39N9O3. The van der Waals surface area contributed by atoms with Gasteiger partial charge in [-0.1, -0.05) is 19.1 Å². The van der Waals surface area contributed by atoms with Crippen LogP contribution >= 0.6 is 0 Å². The molecule has 2 atom stereocenters. The molecule has 0 spiro atoms. The average molecular weight is 586 g/mol. The lowest BCUT2D eigenvalue weighted by Crippen LogP contribution is -2.43. The van der Waals surface area contributed by atoms with Gasteiger partial charge in [-0.05, 0) is 69.9 Å². The summed E-state index contributed by atoms with van der Waals surface area (Å²) in [6.07, 6.45) is 5.09. The number of likely N-dealkylation sites (N-methyl/N-ethyl adjacent to an activating group) is 2.